The molecule has 2 heterocycles. The molecule has 0 N–H and O–H groups in total. The highest BCUT2D eigenvalue weighted by Crippen LogP contribution is 2.09. The topological polar surface area (TPSA) is 30.3 Å². The fraction of sp³-hybridized carbons (Fsp3) is 0.471. The fourth-order valence-electron chi connectivity index (χ4n) is 2.73. The van der Waals surface area contributed by atoms with Crippen LogP contribution in [0.2, 0.25) is 0 Å². The van der Waals surface area contributed by atoms with Crippen molar-refractivity contribution in [2.45, 2.75) is 19.4 Å². The number of imidazole rings is 1. The lowest BCUT2D eigenvalue weighted by Crippen LogP contribution is -2.36. The van der Waals surface area contributed by atoms with E-state index in [-0.39, 0.29) is 0 Å². The monoisotopic (exact) mass is 285 g/mol. The lowest BCUT2D eigenvalue weighted by molar-refractivity contribution is 0.0375. The van der Waals surface area contributed by atoms with Crippen LogP contribution in [-0.4, -0.2) is 47.3 Å². The molecule has 0 bridgehead atoms. The molecule has 112 valence electrons. The van der Waals surface area contributed by atoms with Crippen molar-refractivity contribution in [1.29, 1.82) is 0 Å². The first-order valence-electron chi connectivity index (χ1n) is 7.74. The summed E-state index contributed by atoms with van der Waals surface area (Å²) in [6, 6.07) is 8.96. The van der Waals surface area contributed by atoms with E-state index in [1.54, 1.807) is 0 Å². The third-order valence-corrected chi connectivity index (χ3v) is 3.99. The first kappa shape index (κ1) is 14.3. The van der Waals surface area contributed by atoms with E-state index in [1.165, 1.54) is 24.1 Å². The summed E-state index contributed by atoms with van der Waals surface area (Å²) in [6.07, 6.45) is 8.05. The van der Waals surface area contributed by atoms with Gasteiger partial charge in [-0.1, -0.05) is 24.3 Å². The molecule has 4 heteroatoms. The van der Waals surface area contributed by atoms with Gasteiger partial charge in [0.25, 0.3) is 0 Å². The van der Waals surface area contributed by atoms with Crippen LogP contribution in [0.3, 0.4) is 0 Å². The molecule has 0 atom stereocenters. The van der Waals surface area contributed by atoms with Gasteiger partial charge in [-0.2, -0.15) is 0 Å². The summed E-state index contributed by atoms with van der Waals surface area (Å²) in [4.78, 5) is 6.57. The zero-order valence-corrected chi connectivity index (χ0v) is 12.4. The summed E-state index contributed by atoms with van der Waals surface area (Å²) >= 11 is 0. The Morgan fingerprint density at radius 3 is 2.52 bits per heavy atom. The molecule has 3 rings (SSSR count). The highest BCUT2D eigenvalue weighted by atomic mass is 16.5. The summed E-state index contributed by atoms with van der Waals surface area (Å²) < 4.78 is 7.46. The van der Waals surface area contributed by atoms with Gasteiger partial charge in [-0.15, -0.1) is 0 Å². The molecular weight excluding hydrogens is 262 g/mol. The molecule has 1 saturated heterocycles. The minimum Gasteiger partial charge on any atom is -0.379 e. The van der Waals surface area contributed by atoms with Gasteiger partial charge in [0, 0.05) is 32.0 Å². The number of rotatable bonds is 6. The van der Waals surface area contributed by atoms with E-state index in [1.807, 2.05) is 18.7 Å². The van der Waals surface area contributed by atoms with Crippen molar-refractivity contribution in [3.63, 3.8) is 0 Å². The third kappa shape index (κ3) is 4.41. The molecule has 0 saturated carbocycles. The molecule has 1 aromatic heterocycles. The number of nitrogens with zero attached hydrogens (tertiary/aromatic N) is 3. The molecule has 0 aliphatic carbocycles. The van der Waals surface area contributed by atoms with Crippen LogP contribution < -0.4 is 0 Å². The Labute approximate surface area is 126 Å². The maximum atomic E-state index is 5.37. The Morgan fingerprint density at radius 1 is 1.05 bits per heavy atom. The van der Waals surface area contributed by atoms with E-state index in [0.29, 0.717) is 0 Å². The number of ether oxygens (including phenoxy) is 1. The van der Waals surface area contributed by atoms with Gasteiger partial charge in [-0.05, 0) is 30.5 Å². The van der Waals surface area contributed by atoms with Gasteiger partial charge in [0.2, 0.25) is 0 Å². The first-order valence-corrected chi connectivity index (χ1v) is 7.74. The average molecular weight is 285 g/mol. The van der Waals surface area contributed by atoms with Crippen LogP contribution in [0.15, 0.2) is 43.0 Å². The zero-order valence-electron chi connectivity index (χ0n) is 12.4. The maximum Gasteiger partial charge on any atom is 0.0949 e. The smallest absolute Gasteiger partial charge is 0.0949 e. The Morgan fingerprint density at radius 2 is 1.81 bits per heavy atom. The zero-order chi connectivity index (χ0) is 14.3. The molecule has 0 amide bonds. The van der Waals surface area contributed by atoms with Crippen molar-refractivity contribution < 1.29 is 4.74 Å². The maximum absolute atomic E-state index is 5.37. The molecule has 1 fully saturated rings. The fourth-order valence-corrected chi connectivity index (χ4v) is 2.73. The summed E-state index contributed by atoms with van der Waals surface area (Å²) in [5, 5.41) is 0. The number of hydrogen-bond donors (Lipinski definition) is 0. The van der Waals surface area contributed by atoms with Crippen molar-refractivity contribution >= 4 is 0 Å². The minimum atomic E-state index is 0.892. The van der Waals surface area contributed by atoms with E-state index in [4.69, 9.17) is 4.74 Å². The Hall–Kier alpha value is -1.65. The van der Waals surface area contributed by atoms with Crippen LogP contribution in [-0.2, 0) is 17.7 Å². The summed E-state index contributed by atoms with van der Waals surface area (Å²) in [7, 11) is 0. The van der Waals surface area contributed by atoms with Gasteiger partial charge < -0.3 is 9.30 Å². The SMILES string of the molecule is c1cn(Cc2ccc(CCCN3CCOCC3)cc2)cn1. The molecule has 1 aliphatic rings. The van der Waals surface area contributed by atoms with Crippen LogP contribution in [0.25, 0.3) is 0 Å². The largest absolute Gasteiger partial charge is 0.379 e. The van der Waals surface area contributed by atoms with E-state index in [2.05, 4.69) is 38.7 Å². The van der Waals surface area contributed by atoms with E-state index >= 15 is 0 Å². The van der Waals surface area contributed by atoms with E-state index in [0.717, 1.165) is 39.3 Å². The van der Waals surface area contributed by atoms with Crippen molar-refractivity contribution in [2.75, 3.05) is 32.8 Å². The summed E-state index contributed by atoms with van der Waals surface area (Å²) in [5.41, 5.74) is 2.75. The van der Waals surface area contributed by atoms with E-state index in [9.17, 15) is 0 Å². The van der Waals surface area contributed by atoms with Gasteiger partial charge in [0.15, 0.2) is 0 Å². The molecule has 0 spiro atoms. The number of benzene rings is 1. The molecule has 0 unspecified atom stereocenters. The van der Waals surface area contributed by atoms with Gasteiger partial charge >= 0.3 is 0 Å². The standard InChI is InChI=1S/C17H23N3O/c1(8-19-10-12-21-13-11-19)2-16-3-5-17(6-4-16)14-20-9-7-18-15-20/h3-7,9,15H,1-2,8,10-14H2. The van der Waals surface area contributed by atoms with Gasteiger partial charge in [-0.25, -0.2) is 4.98 Å². The second-order valence-electron chi connectivity index (χ2n) is 5.61. The predicted molar refractivity (Wildman–Crippen MR) is 83.4 cm³/mol. The highest BCUT2D eigenvalue weighted by Gasteiger charge is 2.09. The van der Waals surface area contributed by atoms with Crippen molar-refractivity contribution in [1.82, 2.24) is 14.5 Å². The van der Waals surface area contributed by atoms with Crippen LogP contribution in [0.1, 0.15) is 17.5 Å². The second kappa shape index (κ2) is 7.38. The highest BCUT2D eigenvalue weighted by molar-refractivity contribution is 5.23. The normalized spacial score (nSPS) is 16.2. The minimum absolute atomic E-state index is 0.892. The van der Waals surface area contributed by atoms with E-state index < -0.39 is 0 Å². The number of aromatic nitrogens is 2. The van der Waals surface area contributed by atoms with Crippen LogP contribution in [0, 0.1) is 0 Å². The van der Waals surface area contributed by atoms with Crippen LogP contribution in [0.5, 0.6) is 0 Å². The lowest BCUT2D eigenvalue weighted by Gasteiger charge is -2.26. The number of hydrogen-bond acceptors (Lipinski definition) is 3. The summed E-state index contributed by atoms with van der Waals surface area (Å²) in [5.74, 6) is 0. The quantitative estimate of drug-likeness (QED) is 0.815. The first-order chi connectivity index (χ1) is 10.4. The van der Waals surface area contributed by atoms with Crippen molar-refractivity contribution in [3.8, 4) is 0 Å². The Kier molecular flexibility index (Phi) is 5.03. The molecule has 21 heavy (non-hydrogen) atoms. The molecule has 4 nitrogen and oxygen atoms in total. The van der Waals surface area contributed by atoms with Crippen molar-refractivity contribution in [3.05, 3.63) is 54.1 Å². The second-order valence-corrected chi connectivity index (χ2v) is 5.61. The molecule has 2 aromatic rings. The molecule has 1 aromatic carbocycles. The summed E-state index contributed by atoms with van der Waals surface area (Å²) in [6.45, 7) is 6.04. The third-order valence-electron chi connectivity index (χ3n) is 3.99. The number of morpholine rings is 1. The van der Waals surface area contributed by atoms with Crippen molar-refractivity contribution in [2.24, 2.45) is 0 Å². The van der Waals surface area contributed by atoms with Gasteiger partial charge in [-0.3, -0.25) is 4.90 Å². The molecule has 1 aliphatic heterocycles. The number of aryl methyl sites for hydroxylation is 1. The predicted octanol–water partition coefficient (Wildman–Crippen LogP) is 2.20. The van der Waals surface area contributed by atoms with Crippen LogP contribution in [0.4, 0.5) is 0 Å². The van der Waals surface area contributed by atoms with Gasteiger partial charge in [0.1, 0.15) is 0 Å². The molecule has 0 radical (unpaired) electrons. The Bertz CT molecular complexity index is 515. The Balaban J connectivity index is 1.43. The van der Waals surface area contributed by atoms with Gasteiger partial charge in [0.05, 0.1) is 19.5 Å². The molecular formula is C17H23N3O. The van der Waals surface area contributed by atoms with Crippen LogP contribution >= 0.6 is 0 Å². The average Bonchev–Trinajstić information content (AvgIpc) is 3.03. The lowest BCUT2D eigenvalue weighted by atomic mass is 10.1.